The molecule has 0 saturated heterocycles. The summed E-state index contributed by atoms with van der Waals surface area (Å²) in [4.78, 5) is 28.2. The van der Waals surface area contributed by atoms with Crippen molar-refractivity contribution in [2.75, 3.05) is 5.32 Å². The van der Waals surface area contributed by atoms with Gasteiger partial charge in [0.25, 0.3) is 5.91 Å². The molecule has 5 heteroatoms. The van der Waals surface area contributed by atoms with Crippen molar-refractivity contribution in [2.45, 2.75) is 33.3 Å². The van der Waals surface area contributed by atoms with Gasteiger partial charge in [-0.05, 0) is 44.0 Å². The molecule has 0 aliphatic rings. The molecule has 0 saturated carbocycles. The van der Waals surface area contributed by atoms with Gasteiger partial charge >= 0.3 is 5.97 Å². The van der Waals surface area contributed by atoms with Gasteiger partial charge in [0.1, 0.15) is 0 Å². The predicted molar refractivity (Wildman–Crippen MR) is 88.3 cm³/mol. The van der Waals surface area contributed by atoms with Gasteiger partial charge in [-0.25, -0.2) is 4.79 Å². The number of nitrogens with one attached hydrogen (secondary N) is 1. The molecule has 1 unspecified atom stereocenters. The number of carbonyl (C=O) groups excluding carboxylic acids is 2. The minimum atomic E-state index is -0.837. The van der Waals surface area contributed by atoms with Crippen LogP contribution in [0.2, 0.25) is 0 Å². The SMILES string of the molecule is CCC(OC(=O)c1ccncc1)C(=O)Nc1ccc(C)cc1C. The zero-order valence-electron chi connectivity index (χ0n) is 13.5. The Hall–Kier alpha value is -2.69. The third kappa shape index (κ3) is 4.39. The molecule has 0 fully saturated rings. The Labute approximate surface area is 135 Å². The number of rotatable bonds is 5. The first-order valence-electron chi connectivity index (χ1n) is 7.50. The molecular weight excluding hydrogens is 292 g/mol. The molecule has 0 aliphatic carbocycles. The second kappa shape index (κ2) is 7.54. The summed E-state index contributed by atoms with van der Waals surface area (Å²) in [6.07, 6.45) is 2.57. The van der Waals surface area contributed by atoms with E-state index in [2.05, 4.69) is 10.3 Å². The highest BCUT2D eigenvalue weighted by Crippen LogP contribution is 2.17. The van der Waals surface area contributed by atoms with Crippen LogP contribution < -0.4 is 5.32 Å². The van der Waals surface area contributed by atoms with E-state index in [9.17, 15) is 9.59 Å². The van der Waals surface area contributed by atoms with Crippen molar-refractivity contribution in [3.63, 3.8) is 0 Å². The van der Waals surface area contributed by atoms with Gasteiger partial charge in [0.2, 0.25) is 0 Å². The lowest BCUT2D eigenvalue weighted by Gasteiger charge is -2.17. The number of nitrogens with zero attached hydrogens (tertiary/aromatic N) is 1. The molecule has 5 nitrogen and oxygen atoms in total. The Balaban J connectivity index is 2.05. The summed E-state index contributed by atoms with van der Waals surface area (Å²) in [5.41, 5.74) is 3.18. The van der Waals surface area contributed by atoms with Crippen LogP contribution in [0.3, 0.4) is 0 Å². The molecule has 120 valence electrons. The van der Waals surface area contributed by atoms with Crippen molar-refractivity contribution in [1.82, 2.24) is 4.98 Å². The monoisotopic (exact) mass is 312 g/mol. The lowest BCUT2D eigenvalue weighted by molar-refractivity contribution is -0.124. The lowest BCUT2D eigenvalue weighted by atomic mass is 10.1. The third-order valence-electron chi connectivity index (χ3n) is 3.47. The summed E-state index contributed by atoms with van der Waals surface area (Å²) >= 11 is 0. The van der Waals surface area contributed by atoms with Crippen molar-refractivity contribution in [1.29, 1.82) is 0 Å². The van der Waals surface area contributed by atoms with Crippen molar-refractivity contribution in [2.24, 2.45) is 0 Å². The molecule has 1 amide bonds. The second-order valence-electron chi connectivity index (χ2n) is 5.35. The highest BCUT2D eigenvalue weighted by molar-refractivity contribution is 5.97. The van der Waals surface area contributed by atoms with Crippen LogP contribution in [-0.2, 0) is 9.53 Å². The Bertz CT molecular complexity index is 699. The van der Waals surface area contributed by atoms with Gasteiger partial charge in [-0.1, -0.05) is 24.6 Å². The molecule has 2 aromatic rings. The Kier molecular flexibility index (Phi) is 5.46. The van der Waals surface area contributed by atoms with Crippen LogP contribution in [0, 0.1) is 13.8 Å². The van der Waals surface area contributed by atoms with Crippen LogP contribution in [0.4, 0.5) is 5.69 Å². The normalized spacial score (nSPS) is 11.6. The van der Waals surface area contributed by atoms with Gasteiger partial charge in [0.15, 0.2) is 6.10 Å². The molecule has 0 bridgehead atoms. The fourth-order valence-corrected chi connectivity index (χ4v) is 2.17. The van der Waals surface area contributed by atoms with Crippen molar-refractivity contribution >= 4 is 17.6 Å². The molecule has 1 aromatic carbocycles. The summed E-state index contributed by atoms with van der Waals surface area (Å²) in [5, 5.41) is 2.82. The molecule has 1 atom stereocenters. The first-order valence-corrected chi connectivity index (χ1v) is 7.50. The first-order chi connectivity index (χ1) is 11.0. The van der Waals surface area contributed by atoms with Gasteiger partial charge in [-0.15, -0.1) is 0 Å². The first kappa shape index (κ1) is 16.7. The Morgan fingerprint density at radius 1 is 1.17 bits per heavy atom. The van der Waals surface area contributed by atoms with Crippen LogP contribution in [-0.4, -0.2) is 23.0 Å². The number of aryl methyl sites for hydroxylation is 2. The number of hydrogen-bond acceptors (Lipinski definition) is 4. The summed E-state index contributed by atoms with van der Waals surface area (Å²) in [5.74, 6) is -0.864. The molecule has 1 aromatic heterocycles. The van der Waals surface area contributed by atoms with Gasteiger partial charge < -0.3 is 10.1 Å². The van der Waals surface area contributed by atoms with E-state index in [1.54, 1.807) is 19.1 Å². The number of ether oxygens (including phenoxy) is 1. The van der Waals surface area contributed by atoms with Crippen LogP contribution in [0.15, 0.2) is 42.7 Å². The number of aromatic nitrogens is 1. The van der Waals surface area contributed by atoms with E-state index in [1.165, 1.54) is 12.4 Å². The molecular formula is C18H20N2O3. The number of esters is 1. The number of amides is 1. The molecule has 0 radical (unpaired) electrons. The molecule has 0 spiro atoms. The zero-order valence-corrected chi connectivity index (χ0v) is 13.5. The van der Waals surface area contributed by atoms with Crippen molar-refractivity contribution in [3.05, 3.63) is 59.4 Å². The van der Waals surface area contributed by atoms with Crippen LogP contribution in [0.5, 0.6) is 0 Å². The van der Waals surface area contributed by atoms with Crippen molar-refractivity contribution < 1.29 is 14.3 Å². The molecule has 23 heavy (non-hydrogen) atoms. The molecule has 0 aliphatic heterocycles. The Morgan fingerprint density at radius 2 is 1.87 bits per heavy atom. The summed E-state index contributed by atoms with van der Waals surface area (Å²) in [7, 11) is 0. The summed E-state index contributed by atoms with van der Waals surface area (Å²) in [6.45, 7) is 5.71. The molecule has 1 N–H and O–H groups in total. The maximum absolute atomic E-state index is 12.3. The smallest absolute Gasteiger partial charge is 0.339 e. The third-order valence-corrected chi connectivity index (χ3v) is 3.47. The minimum Gasteiger partial charge on any atom is -0.449 e. The van der Waals surface area contributed by atoms with E-state index in [-0.39, 0.29) is 5.91 Å². The molecule has 2 rings (SSSR count). The van der Waals surface area contributed by atoms with E-state index in [4.69, 9.17) is 4.74 Å². The zero-order chi connectivity index (χ0) is 16.8. The Morgan fingerprint density at radius 3 is 2.48 bits per heavy atom. The average molecular weight is 312 g/mol. The second-order valence-corrected chi connectivity index (χ2v) is 5.35. The quantitative estimate of drug-likeness (QED) is 0.860. The van der Waals surface area contributed by atoms with Crippen LogP contribution in [0.1, 0.15) is 34.8 Å². The fourth-order valence-electron chi connectivity index (χ4n) is 2.17. The largest absolute Gasteiger partial charge is 0.449 e. The van der Waals surface area contributed by atoms with E-state index < -0.39 is 12.1 Å². The summed E-state index contributed by atoms with van der Waals surface area (Å²) < 4.78 is 5.30. The van der Waals surface area contributed by atoms with Gasteiger partial charge in [0, 0.05) is 18.1 Å². The maximum Gasteiger partial charge on any atom is 0.339 e. The highest BCUT2D eigenvalue weighted by atomic mass is 16.5. The number of hydrogen-bond donors (Lipinski definition) is 1. The number of benzene rings is 1. The fraction of sp³-hybridized carbons (Fsp3) is 0.278. The van der Waals surface area contributed by atoms with Gasteiger partial charge in [0.05, 0.1) is 5.56 Å². The standard InChI is InChI=1S/C18H20N2O3/c1-4-16(23-18(22)14-7-9-19-10-8-14)17(21)20-15-6-5-12(2)11-13(15)3/h5-11,16H,4H2,1-3H3,(H,20,21). The van der Waals surface area contributed by atoms with E-state index in [0.717, 1.165) is 16.8 Å². The van der Waals surface area contributed by atoms with Gasteiger partial charge in [-0.2, -0.15) is 0 Å². The maximum atomic E-state index is 12.3. The van der Waals surface area contributed by atoms with Gasteiger partial charge in [-0.3, -0.25) is 9.78 Å². The summed E-state index contributed by atoms with van der Waals surface area (Å²) in [6, 6.07) is 8.86. The number of carbonyl (C=O) groups is 2. The lowest BCUT2D eigenvalue weighted by Crippen LogP contribution is -2.32. The van der Waals surface area contributed by atoms with E-state index in [1.807, 2.05) is 32.0 Å². The van der Waals surface area contributed by atoms with Crippen LogP contribution in [0.25, 0.3) is 0 Å². The molecule has 1 heterocycles. The predicted octanol–water partition coefficient (Wildman–Crippen LogP) is 3.27. The van der Waals surface area contributed by atoms with Crippen LogP contribution >= 0.6 is 0 Å². The van der Waals surface area contributed by atoms with E-state index in [0.29, 0.717) is 12.0 Å². The minimum absolute atomic E-state index is 0.332. The topological polar surface area (TPSA) is 68.3 Å². The highest BCUT2D eigenvalue weighted by Gasteiger charge is 2.22. The number of pyridine rings is 1. The average Bonchev–Trinajstić information content (AvgIpc) is 2.55. The van der Waals surface area contributed by atoms with Crippen molar-refractivity contribution in [3.8, 4) is 0 Å². The van der Waals surface area contributed by atoms with E-state index >= 15 is 0 Å². The number of anilines is 1.